The number of benzene rings is 1. The molecule has 0 aliphatic carbocycles. The van der Waals surface area contributed by atoms with E-state index in [0.29, 0.717) is 17.3 Å². The molecule has 1 aromatic heterocycles. The van der Waals surface area contributed by atoms with E-state index in [4.69, 9.17) is 10.3 Å². The molecule has 2 N–H and O–H groups in total. The van der Waals surface area contributed by atoms with E-state index >= 15 is 0 Å². The zero-order valence-corrected chi connectivity index (χ0v) is 11.2. The lowest BCUT2D eigenvalue weighted by molar-refractivity contribution is -0.384. The summed E-state index contributed by atoms with van der Waals surface area (Å²) in [5.74, 6) is 0.786. The Morgan fingerprint density at radius 1 is 1.40 bits per heavy atom. The summed E-state index contributed by atoms with van der Waals surface area (Å²) in [6, 6.07) is 5.72. The molecule has 0 saturated carbocycles. The summed E-state index contributed by atoms with van der Waals surface area (Å²) >= 11 is 0. The van der Waals surface area contributed by atoms with Gasteiger partial charge in [0.05, 0.1) is 11.0 Å². The molecule has 0 amide bonds. The fourth-order valence-corrected chi connectivity index (χ4v) is 1.78. The molecule has 0 aliphatic heterocycles. The number of nitrogens with zero attached hydrogens (tertiary/aromatic N) is 3. The number of hydrogen-bond donors (Lipinski definition) is 1. The van der Waals surface area contributed by atoms with Gasteiger partial charge in [0.25, 0.3) is 5.69 Å². The van der Waals surface area contributed by atoms with Crippen molar-refractivity contribution >= 4 is 5.69 Å². The van der Waals surface area contributed by atoms with Gasteiger partial charge in [0.15, 0.2) is 0 Å². The predicted octanol–water partition coefficient (Wildman–Crippen LogP) is 2.83. The van der Waals surface area contributed by atoms with E-state index in [-0.39, 0.29) is 11.7 Å². The Morgan fingerprint density at radius 3 is 2.70 bits per heavy atom. The van der Waals surface area contributed by atoms with Gasteiger partial charge in [-0.2, -0.15) is 4.98 Å². The smallest absolute Gasteiger partial charge is 0.269 e. The Labute approximate surface area is 115 Å². The van der Waals surface area contributed by atoms with Crippen LogP contribution in [0, 0.1) is 10.1 Å². The van der Waals surface area contributed by atoms with Crippen molar-refractivity contribution in [3.63, 3.8) is 0 Å². The minimum absolute atomic E-state index is 0.0251. The van der Waals surface area contributed by atoms with Crippen molar-refractivity contribution in [2.75, 3.05) is 0 Å². The Morgan fingerprint density at radius 2 is 2.10 bits per heavy atom. The number of rotatable bonds is 6. The number of aromatic nitrogens is 2. The van der Waals surface area contributed by atoms with Gasteiger partial charge in [-0.3, -0.25) is 10.1 Å². The highest BCUT2D eigenvalue weighted by Gasteiger charge is 2.15. The van der Waals surface area contributed by atoms with Crippen LogP contribution in [0.15, 0.2) is 28.8 Å². The molecule has 7 nitrogen and oxygen atoms in total. The fourth-order valence-electron chi connectivity index (χ4n) is 1.78. The van der Waals surface area contributed by atoms with Crippen molar-refractivity contribution in [2.24, 2.45) is 5.73 Å². The third-order valence-corrected chi connectivity index (χ3v) is 2.96. The van der Waals surface area contributed by atoms with Gasteiger partial charge >= 0.3 is 0 Å². The molecule has 1 atom stereocenters. The number of nitro groups is 1. The lowest BCUT2D eigenvalue weighted by atomic mass is 10.1. The van der Waals surface area contributed by atoms with E-state index in [1.54, 1.807) is 12.1 Å². The monoisotopic (exact) mass is 276 g/mol. The molecule has 0 aliphatic rings. The van der Waals surface area contributed by atoms with Crippen LogP contribution in [0.2, 0.25) is 0 Å². The van der Waals surface area contributed by atoms with Crippen molar-refractivity contribution in [2.45, 2.75) is 32.2 Å². The summed E-state index contributed by atoms with van der Waals surface area (Å²) in [4.78, 5) is 14.4. The first-order valence-corrected chi connectivity index (χ1v) is 6.46. The Hall–Kier alpha value is -2.28. The summed E-state index contributed by atoms with van der Waals surface area (Å²) in [5, 5.41) is 14.4. The van der Waals surface area contributed by atoms with E-state index in [9.17, 15) is 10.1 Å². The van der Waals surface area contributed by atoms with Crippen LogP contribution in [0.4, 0.5) is 5.69 Å². The SMILES string of the molecule is CCCC[C@H](N)c1nc(-c2ccc([N+](=O)[O-])cc2)no1. The minimum Gasteiger partial charge on any atom is -0.337 e. The van der Waals surface area contributed by atoms with Gasteiger partial charge < -0.3 is 10.3 Å². The maximum Gasteiger partial charge on any atom is 0.269 e. The minimum atomic E-state index is -0.452. The molecule has 20 heavy (non-hydrogen) atoms. The van der Waals surface area contributed by atoms with Crippen molar-refractivity contribution in [3.8, 4) is 11.4 Å². The lowest BCUT2D eigenvalue weighted by Crippen LogP contribution is -2.10. The molecular weight excluding hydrogens is 260 g/mol. The summed E-state index contributed by atoms with van der Waals surface area (Å²) in [6.45, 7) is 2.09. The van der Waals surface area contributed by atoms with Gasteiger partial charge in [0, 0.05) is 17.7 Å². The average Bonchev–Trinajstić information content (AvgIpc) is 2.94. The Balaban J connectivity index is 2.13. The normalized spacial score (nSPS) is 12.3. The fraction of sp³-hybridized carbons (Fsp3) is 0.385. The maximum atomic E-state index is 10.6. The largest absolute Gasteiger partial charge is 0.337 e. The number of hydrogen-bond acceptors (Lipinski definition) is 6. The topological polar surface area (TPSA) is 108 Å². The molecule has 0 spiro atoms. The van der Waals surface area contributed by atoms with Crippen LogP contribution in [0.25, 0.3) is 11.4 Å². The van der Waals surface area contributed by atoms with Crippen molar-refractivity contribution in [3.05, 3.63) is 40.3 Å². The molecule has 2 rings (SSSR count). The van der Waals surface area contributed by atoms with Crippen molar-refractivity contribution < 1.29 is 9.45 Å². The van der Waals surface area contributed by atoms with Gasteiger partial charge in [-0.1, -0.05) is 24.9 Å². The molecule has 1 heterocycles. The zero-order valence-electron chi connectivity index (χ0n) is 11.2. The molecule has 0 radical (unpaired) electrons. The maximum absolute atomic E-state index is 10.6. The second kappa shape index (κ2) is 6.25. The molecule has 0 bridgehead atoms. The molecule has 0 saturated heterocycles. The molecule has 7 heteroatoms. The zero-order chi connectivity index (χ0) is 14.5. The van der Waals surface area contributed by atoms with E-state index < -0.39 is 4.92 Å². The Kier molecular flexibility index (Phi) is 4.41. The molecule has 2 aromatic rings. The number of nitro benzene ring substituents is 1. The van der Waals surface area contributed by atoms with Gasteiger partial charge in [-0.15, -0.1) is 0 Å². The van der Waals surface area contributed by atoms with Crippen LogP contribution in [0.1, 0.15) is 38.1 Å². The summed E-state index contributed by atoms with van der Waals surface area (Å²) in [7, 11) is 0. The van der Waals surface area contributed by atoms with Gasteiger partial charge in [0.2, 0.25) is 11.7 Å². The highest BCUT2D eigenvalue weighted by atomic mass is 16.6. The van der Waals surface area contributed by atoms with E-state index in [0.717, 1.165) is 19.3 Å². The van der Waals surface area contributed by atoms with Crippen LogP contribution < -0.4 is 5.73 Å². The van der Waals surface area contributed by atoms with Gasteiger partial charge in [-0.05, 0) is 18.6 Å². The van der Waals surface area contributed by atoms with Crippen LogP contribution in [-0.4, -0.2) is 15.1 Å². The van der Waals surface area contributed by atoms with Gasteiger partial charge in [0.1, 0.15) is 0 Å². The third kappa shape index (κ3) is 3.18. The van der Waals surface area contributed by atoms with Crippen LogP contribution in [0.5, 0.6) is 0 Å². The number of unbranched alkanes of at least 4 members (excludes halogenated alkanes) is 1. The second-order valence-corrected chi connectivity index (χ2v) is 4.51. The summed E-state index contributed by atoms with van der Waals surface area (Å²) in [6.07, 6.45) is 2.84. The first kappa shape index (κ1) is 14.1. The van der Waals surface area contributed by atoms with E-state index in [1.807, 2.05) is 0 Å². The standard InChI is InChI=1S/C13H16N4O3/c1-2-3-4-11(14)13-15-12(16-20-13)9-5-7-10(8-6-9)17(18)19/h5-8,11H,2-4,14H2,1H3/t11-/m0/s1. The van der Waals surface area contributed by atoms with Crippen LogP contribution in [-0.2, 0) is 0 Å². The van der Waals surface area contributed by atoms with Crippen LogP contribution >= 0.6 is 0 Å². The molecule has 106 valence electrons. The number of non-ortho nitro benzene ring substituents is 1. The first-order chi connectivity index (χ1) is 9.61. The molecule has 0 fully saturated rings. The van der Waals surface area contributed by atoms with Crippen molar-refractivity contribution in [1.82, 2.24) is 10.1 Å². The molecule has 0 unspecified atom stereocenters. The van der Waals surface area contributed by atoms with Crippen molar-refractivity contribution in [1.29, 1.82) is 0 Å². The summed E-state index contributed by atoms with van der Waals surface area (Å²) < 4.78 is 5.14. The van der Waals surface area contributed by atoms with E-state index in [1.165, 1.54) is 12.1 Å². The first-order valence-electron chi connectivity index (χ1n) is 6.46. The van der Waals surface area contributed by atoms with Gasteiger partial charge in [-0.25, -0.2) is 0 Å². The molecular formula is C13H16N4O3. The lowest BCUT2D eigenvalue weighted by Gasteiger charge is -2.03. The highest BCUT2D eigenvalue weighted by molar-refractivity contribution is 5.56. The van der Waals surface area contributed by atoms with E-state index in [2.05, 4.69) is 17.1 Å². The quantitative estimate of drug-likeness (QED) is 0.642. The predicted molar refractivity (Wildman–Crippen MR) is 72.8 cm³/mol. The van der Waals surface area contributed by atoms with Crippen LogP contribution in [0.3, 0.4) is 0 Å². The molecule has 1 aromatic carbocycles. The number of nitrogens with two attached hydrogens (primary N) is 1. The highest BCUT2D eigenvalue weighted by Crippen LogP contribution is 2.22. The second-order valence-electron chi connectivity index (χ2n) is 4.51. The average molecular weight is 276 g/mol. The Bertz CT molecular complexity index is 580. The summed E-state index contributed by atoms with van der Waals surface area (Å²) in [5.41, 5.74) is 6.64. The third-order valence-electron chi connectivity index (χ3n) is 2.96.